The maximum atomic E-state index is 15.4. The second-order valence-electron chi connectivity index (χ2n) is 22.0. The van der Waals surface area contributed by atoms with Crippen LogP contribution in [0.15, 0.2) is 110 Å². The number of hydrogen-bond donors (Lipinski definition) is 9. The van der Waals surface area contributed by atoms with Crippen LogP contribution >= 0.6 is 0 Å². The molecule has 3 saturated heterocycles. The van der Waals surface area contributed by atoms with Gasteiger partial charge in [-0.3, -0.25) is 33.8 Å². The molecule has 20 nitrogen and oxygen atoms in total. The Labute approximate surface area is 472 Å². The Morgan fingerprint density at radius 2 is 1.31 bits per heavy atom. The van der Waals surface area contributed by atoms with E-state index in [0.29, 0.717) is 48.9 Å². The van der Waals surface area contributed by atoms with Crippen molar-refractivity contribution in [2.75, 3.05) is 39.3 Å². The Bertz CT molecular complexity index is 2910. The second-order valence-corrected chi connectivity index (χ2v) is 22.0. The molecule has 0 unspecified atom stereocenters. The average molecular weight is 1110 g/mol. The summed E-state index contributed by atoms with van der Waals surface area (Å²) in [5.41, 5.74) is 9.35. The molecule has 10 N–H and O–H groups in total. The van der Waals surface area contributed by atoms with E-state index in [1.165, 1.54) is 24.2 Å². The Hall–Kier alpha value is -7.84. The fourth-order valence-electron chi connectivity index (χ4n) is 11.6. The number of rotatable bonds is 17. The Morgan fingerprint density at radius 3 is 2.05 bits per heavy atom. The van der Waals surface area contributed by atoms with Crippen LogP contribution < -0.4 is 47.7 Å². The van der Waals surface area contributed by atoms with Crippen molar-refractivity contribution >= 4 is 52.4 Å². The molecule has 7 atom stereocenters. The first-order chi connectivity index (χ1) is 39.5. The van der Waals surface area contributed by atoms with Gasteiger partial charge in [0.2, 0.25) is 35.4 Å². The molecule has 1 aliphatic carbocycles. The molecule has 0 radical (unpaired) electrons. The molecule has 9 rings (SSSR count). The van der Waals surface area contributed by atoms with Crippen LogP contribution in [-0.2, 0) is 59.2 Å². The molecule has 4 fully saturated rings. The van der Waals surface area contributed by atoms with Gasteiger partial charge in [-0.2, -0.15) is 0 Å². The number of aryl methyl sites for hydroxylation is 1. The number of carbonyl (C=O) groups excluding carboxylic acids is 7. The third-order valence-electron chi connectivity index (χ3n) is 16.1. The van der Waals surface area contributed by atoms with Crippen molar-refractivity contribution < 1.29 is 43.0 Å². The highest BCUT2D eigenvalue weighted by Crippen LogP contribution is 2.27. The van der Waals surface area contributed by atoms with Crippen LogP contribution in [0.2, 0.25) is 0 Å². The molecule has 3 aromatic carbocycles. The Morgan fingerprint density at radius 1 is 0.654 bits per heavy atom. The lowest BCUT2D eigenvalue weighted by Crippen LogP contribution is -2.62. The highest BCUT2D eigenvalue weighted by atomic mass is 16.6. The van der Waals surface area contributed by atoms with Crippen LogP contribution in [0.4, 0.5) is 4.79 Å². The largest absolute Gasteiger partial charge is 0.493 e. The van der Waals surface area contributed by atoms with Gasteiger partial charge in [-0.05, 0) is 116 Å². The minimum atomic E-state index is -1.34. The molecule has 81 heavy (non-hydrogen) atoms. The van der Waals surface area contributed by atoms with E-state index in [4.69, 9.17) is 15.2 Å². The van der Waals surface area contributed by atoms with Crippen LogP contribution in [0, 0.1) is 11.8 Å². The van der Waals surface area contributed by atoms with Crippen LogP contribution in [0.1, 0.15) is 86.5 Å². The number of para-hydroxylation sites is 1. The predicted molar refractivity (Wildman–Crippen MR) is 304 cm³/mol. The lowest BCUT2D eigenvalue weighted by Gasteiger charge is -2.32. The number of aromatic amines is 1. The number of nitrogens with one attached hydrogen (secondary N) is 8. The topological polar surface area (TPSA) is 280 Å². The summed E-state index contributed by atoms with van der Waals surface area (Å²) in [6.07, 6.45) is 10.9. The predicted octanol–water partition coefficient (Wildman–Crippen LogP) is 3.66. The second kappa shape index (κ2) is 28.5. The smallest absolute Gasteiger partial charge is 0.407 e. The number of fused-ring (bicyclic) bond motifs is 2. The molecule has 7 amide bonds. The highest BCUT2D eigenvalue weighted by molar-refractivity contribution is 5.99. The minimum absolute atomic E-state index is 0.00247. The molecule has 0 spiro atoms. The Kier molecular flexibility index (Phi) is 20.4. The van der Waals surface area contributed by atoms with Crippen molar-refractivity contribution in [2.45, 2.75) is 132 Å². The van der Waals surface area contributed by atoms with Crippen molar-refractivity contribution in [3.63, 3.8) is 0 Å². The normalized spacial score (nSPS) is 23.9. The number of carbonyl (C=O) groups is 7. The summed E-state index contributed by atoms with van der Waals surface area (Å²) in [6.45, 7) is 2.05. The molecular formula is C61H77N11O9. The quantitative estimate of drug-likeness (QED) is 0.0646. The number of nitrogens with two attached hydrogens (primary N) is 1. The third kappa shape index (κ3) is 16.2. The van der Waals surface area contributed by atoms with Crippen LogP contribution in [0.25, 0.3) is 10.9 Å². The summed E-state index contributed by atoms with van der Waals surface area (Å²) in [5.74, 6) is -2.84. The lowest BCUT2D eigenvalue weighted by atomic mass is 9.90. The number of ether oxygens (including phenoxy) is 2. The summed E-state index contributed by atoms with van der Waals surface area (Å²) in [5, 5.41) is 21.7. The van der Waals surface area contributed by atoms with Crippen LogP contribution in [0.3, 0.4) is 0 Å². The van der Waals surface area contributed by atoms with Crippen molar-refractivity contribution in [1.29, 1.82) is 0 Å². The van der Waals surface area contributed by atoms with Gasteiger partial charge < -0.3 is 62.3 Å². The number of hydrogen-bond acceptors (Lipinski definition) is 12. The fraction of sp³-hybridized carbons (Fsp3) is 0.475. The van der Waals surface area contributed by atoms with Gasteiger partial charge in [0.05, 0.1) is 13.2 Å². The van der Waals surface area contributed by atoms with E-state index < -0.39 is 83.9 Å². The SMILES string of the molecule is NCCNC(=O)O[C@@H]1C[C@H]2C(=O)N[C@@H](CCc3ccccc3)C(=O)N[C@H](Cc3c[nH]c4ccccc34)C(=O)N[C@@H](CC3CCNCC3)C(=O)N[C@@H](Cc3ccc(OCC4CCCCC4)cc3)C(=O)N[C@@H](Cc3cccnc3)C(=O)N2C1. The number of benzene rings is 3. The number of piperidine rings is 1. The molecule has 1 saturated carbocycles. The molecule has 3 aliphatic heterocycles. The number of aromatic nitrogens is 2. The first-order valence-electron chi connectivity index (χ1n) is 28.8. The monoisotopic (exact) mass is 1110 g/mol. The molecule has 2 aromatic heterocycles. The van der Waals surface area contributed by atoms with Crippen LogP contribution in [0.5, 0.6) is 5.75 Å². The van der Waals surface area contributed by atoms with Gasteiger partial charge in [-0.25, -0.2) is 4.79 Å². The van der Waals surface area contributed by atoms with E-state index in [1.807, 2.05) is 78.9 Å². The van der Waals surface area contributed by atoms with Gasteiger partial charge >= 0.3 is 6.09 Å². The molecule has 4 aliphatic rings. The lowest BCUT2D eigenvalue weighted by molar-refractivity contribution is -0.143. The summed E-state index contributed by atoms with van der Waals surface area (Å²) in [6, 6.07) is 20.2. The maximum Gasteiger partial charge on any atom is 0.407 e. The van der Waals surface area contributed by atoms with Gasteiger partial charge in [0.25, 0.3) is 0 Å². The summed E-state index contributed by atoms with van der Waals surface area (Å²) >= 11 is 0. The number of nitrogens with zero attached hydrogens (tertiary/aromatic N) is 2. The molecular weight excluding hydrogens is 1030 g/mol. The molecule has 430 valence electrons. The van der Waals surface area contributed by atoms with Gasteiger partial charge in [0.15, 0.2) is 0 Å². The van der Waals surface area contributed by atoms with E-state index in [2.05, 4.69) is 47.2 Å². The van der Waals surface area contributed by atoms with Gasteiger partial charge in [0.1, 0.15) is 48.1 Å². The minimum Gasteiger partial charge on any atom is -0.493 e. The molecule has 5 aromatic rings. The third-order valence-corrected chi connectivity index (χ3v) is 16.1. The fourth-order valence-corrected chi connectivity index (χ4v) is 11.6. The first-order valence-corrected chi connectivity index (χ1v) is 28.8. The molecule has 5 heterocycles. The summed E-state index contributed by atoms with van der Waals surface area (Å²) in [4.78, 5) is 113. The van der Waals surface area contributed by atoms with Crippen molar-refractivity contribution in [3.05, 3.63) is 132 Å². The number of pyridine rings is 1. The first kappa shape index (κ1) is 57.8. The number of amides is 7. The van der Waals surface area contributed by atoms with E-state index in [0.717, 1.165) is 47.7 Å². The average Bonchev–Trinajstić information content (AvgIpc) is 4.11. The van der Waals surface area contributed by atoms with Crippen LogP contribution in [-0.4, -0.2) is 138 Å². The zero-order valence-electron chi connectivity index (χ0n) is 45.9. The molecule has 20 heteroatoms. The van der Waals surface area contributed by atoms with E-state index >= 15 is 28.8 Å². The van der Waals surface area contributed by atoms with Crippen molar-refractivity contribution in [1.82, 2.24) is 52.1 Å². The summed E-state index contributed by atoms with van der Waals surface area (Å²) in [7, 11) is 0. The van der Waals surface area contributed by atoms with Crippen molar-refractivity contribution in [2.24, 2.45) is 17.6 Å². The van der Waals surface area contributed by atoms with E-state index in [9.17, 15) is 4.79 Å². The standard InChI is InChI=1S/C61H77N11O9/c62-25-29-65-61(79)81-46-34-54-59(77)67-49(22-19-39-10-3-1-4-11-39)55(73)70-52(33-44-36-66-48-16-8-7-15-47(44)48)58(76)69-51(31-41-23-27-63-28-24-41)56(74)68-50(30-40-17-20-45(21-18-40)80-38-42-12-5-2-6-13-42)57(75)71-53(60(78)72(54)37-46)32-43-14-9-26-64-35-43/h1,3-4,7-11,14-18,20-21,26,35-36,41-42,46,49-54,63,66H,2,5-6,12-13,19,22-25,27-34,37-38,62H2,(H,65,79)(H,67,77)(H,68,74)(H,69,76)(H,70,73)(H,71,75)/t46-,49+,50+,51+,52-,53+,54+/m1/s1. The Balaban J connectivity index is 1.10. The van der Waals surface area contributed by atoms with Gasteiger partial charge in [0, 0.05) is 68.3 Å². The van der Waals surface area contributed by atoms with Crippen molar-refractivity contribution in [3.8, 4) is 5.75 Å². The summed E-state index contributed by atoms with van der Waals surface area (Å²) < 4.78 is 12.0. The highest BCUT2D eigenvalue weighted by Gasteiger charge is 2.45. The zero-order valence-corrected chi connectivity index (χ0v) is 45.9. The zero-order chi connectivity index (χ0) is 56.5. The van der Waals surface area contributed by atoms with Gasteiger partial charge in [-0.1, -0.05) is 86.0 Å². The van der Waals surface area contributed by atoms with Gasteiger partial charge in [-0.15, -0.1) is 0 Å². The molecule has 0 bridgehead atoms. The number of H-pyrrole nitrogens is 1. The van der Waals surface area contributed by atoms with E-state index in [-0.39, 0.29) is 64.1 Å². The van der Waals surface area contributed by atoms with E-state index in [1.54, 1.807) is 30.7 Å². The number of alkyl carbamates (subject to hydrolysis) is 1. The maximum absolute atomic E-state index is 15.4.